The van der Waals surface area contributed by atoms with Crippen LogP contribution in [0.15, 0.2) is 12.1 Å². The highest BCUT2D eigenvalue weighted by atomic mass is 19.2. The molecule has 2 aromatic rings. The molecule has 1 heterocycles. The van der Waals surface area contributed by atoms with Crippen LogP contribution in [-0.4, -0.2) is 10.8 Å². The maximum atomic E-state index is 13.1. The first-order valence-corrected chi connectivity index (χ1v) is 5.68. The molecule has 0 aliphatic carbocycles. The van der Waals surface area contributed by atoms with Gasteiger partial charge >= 0.3 is 0 Å². The predicted molar refractivity (Wildman–Crippen MR) is 64.8 cm³/mol. The number of nitrogens with one attached hydrogen (secondary N) is 1. The van der Waals surface area contributed by atoms with E-state index in [1.165, 1.54) is 0 Å². The van der Waals surface area contributed by atoms with Gasteiger partial charge in [-0.2, -0.15) is 0 Å². The molecule has 19 heavy (non-hydrogen) atoms. The van der Waals surface area contributed by atoms with Gasteiger partial charge in [0.15, 0.2) is 17.5 Å². The zero-order valence-corrected chi connectivity index (χ0v) is 10.7. The van der Waals surface area contributed by atoms with Gasteiger partial charge in [-0.3, -0.25) is 4.79 Å². The largest absolute Gasteiger partial charge is 0.356 e. The lowest BCUT2D eigenvalue weighted by Gasteiger charge is -2.03. The molecule has 0 bridgehead atoms. The monoisotopic (exact) mass is 267 g/mol. The summed E-state index contributed by atoms with van der Waals surface area (Å²) in [6, 6.07) is 1.40. The highest BCUT2D eigenvalue weighted by Crippen LogP contribution is 2.21. The molecule has 5 heteroatoms. The first-order chi connectivity index (χ1) is 8.82. The summed E-state index contributed by atoms with van der Waals surface area (Å²) in [6.45, 7) is 5.37. The zero-order valence-electron chi connectivity index (χ0n) is 10.7. The first kappa shape index (κ1) is 13.4. The lowest BCUT2D eigenvalue weighted by atomic mass is 10.0. The van der Waals surface area contributed by atoms with Gasteiger partial charge in [-0.1, -0.05) is 0 Å². The van der Waals surface area contributed by atoms with Gasteiger partial charge in [0.25, 0.3) is 0 Å². The van der Waals surface area contributed by atoms with E-state index in [9.17, 15) is 18.0 Å². The second-order valence-electron chi connectivity index (χ2n) is 4.46. The minimum absolute atomic E-state index is 0.222. The third kappa shape index (κ3) is 2.16. The Hall–Kier alpha value is -2.04. The maximum absolute atomic E-state index is 13.1. The Balaban J connectivity index is 2.53. The molecule has 2 nitrogen and oxygen atoms in total. The molecule has 1 N–H and O–H groups in total. The smallest absolute Gasteiger partial charge is 0.209 e. The lowest BCUT2D eigenvalue weighted by Crippen LogP contribution is -2.06. The van der Waals surface area contributed by atoms with E-state index in [4.69, 9.17) is 0 Å². The summed E-state index contributed by atoms with van der Waals surface area (Å²) in [5.74, 6) is -4.89. The average molecular weight is 267 g/mol. The number of carbonyl (C=O) groups is 1. The molecule has 0 fully saturated rings. The number of aryl methyl sites for hydroxylation is 1. The van der Waals surface area contributed by atoms with Crippen LogP contribution in [0.3, 0.4) is 0 Å². The summed E-state index contributed by atoms with van der Waals surface area (Å²) in [4.78, 5) is 15.0. The molecule has 1 aromatic carbocycles. The molecule has 0 aliphatic rings. The topological polar surface area (TPSA) is 32.9 Å². The van der Waals surface area contributed by atoms with Crippen molar-refractivity contribution in [3.05, 3.63) is 57.7 Å². The number of halogens is 3. The third-order valence-corrected chi connectivity index (χ3v) is 3.29. The van der Waals surface area contributed by atoms with E-state index in [1.807, 2.05) is 6.92 Å². The normalized spacial score (nSPS) is 10.8. The average Bonchev–Trinajstić information content (AvgIpc) is 2.62. The van der Waals surface area contributed by atoms with Crippen LogP contribution in [0.1, 0.15) is 32.9 Å². The SMILES string of the molecule is Cc1[nH]c(C(=O)c2cc(F)c(F)c(F)c2)c(C)c1C. The molecule has 0 unspecified atom stereocenters. The highest BCUT2D eigenvalue weighted by molar-refractivity contribution is 6.09. The summed E-state index contributed by atoms with van der Waals surface area (Å²) in [5, 5.41) is 0. The van der Waals surface area contributed by atoms with Crippen LogP contribution in [0.2, 0.25) is 0 Å². The Morgan fingerprint density at radius 1 is 1.00 bits per heavy atom. The zero-order chi connectivity index (χ0) is 14.3. The van der Waals surface area contributed by atoms with Gasteiger partial charge < -0.3 is 4.98 Å². The van der Waals surface area contributed by atoms with Crippen LogP contribution in [-0.2, 0) is 0 Å². The van der Waals surface area contributed by atoms with Crippen molar-refractivity contribution in [2.75, 3.05) is 0 Å². The molecule has 100 valence electrons. The summed E-state index contributed by atoms with van der Waals surface area (Å²) in [7, 11) is 0. The van der Waals surface area contributed by atoms with E-state index in [-0.39, 0.29) is 11.3 Å². The summed E-state index contributed by atoms with van der Waals surface area (Å²) >= 11 is 0. The molecule has 0 atom stereocenters. The van der Waals surface area contributed by atoms with E-state index in [2.05, 4.69) is 4.98 Å². The minimum Gasteiger partial charge on any atom is -0.356 e. The van der Waals surface area contributed by atoms with Crippen molar-refractivity contribution >= 4 is 5.78 Å². The number of benzene rings is 1. The van der Waals surface area contributed by atoms with Crippen molar-refractivity contribution in [3.63, 3.8) is 0 Å². The summed E-state index contributed by atoms with van der Waals surface area (Å²) in [6.07, 6.45) is 0. The Morgan fingerprint density at radius 2 is 1.53 bits per heavy atom. The van der Waals surface area contributed by atoms with Gasteiger partial charge in [0.05, 0.1) is 5.69 Å². The molecule has 0 saturated heterocycles. The van der Waals surface area contributed by atoms with Gasteiger partial charge in [-0.15, -0.1) is 0 Å². The van der Waals surface area contributed by atoms with Crippen molar-refractivity contribution in [2.45, 2.75) is 20.8 Å². The maximum Gasteiger partial charge on any atom is 0.209 e. The van der Waals surface area contributed by atoms with Crippen LogP contribution >= 0.6 is 0 Å². The van der Waals surface area contributed by atoms with E-state index >= 15 is 0 Å². The quantitative estimate of drug-likeness (QED) is 0.654. The van der Waals surface area contributed by atoms with Crippen LogP contribution in [0.25, 0.3) is 0 Å². The molecule has 0 spiro atoms. The van der Waals surface area contributed by atoms with Crippen molar-refractivity contribution in [1.82, 2.24) is 4.98 Å². The first-order valence-electron chi connectivity index (χ1n) is 5.68. The number of aromatic amines is 1. The number of aromatic nitrogens is 1. The fourth-order valence-electron chi connectivity index (χ4n) is 1.90. The fourth-order valence-corrected chi connectivity index (χ4v) is 1.90. The number of carbonyl (C=O) groups excluding carboxylic acids is 1. The highest BCUT2D eigenvalue weighted by Gasteiger charge is 2.20. The van der Waals surface area contributed by atoms with Crippen LogP contribution in [0.5, 0.6) is 0 Å². The van der Waals surface area contributed by atoms with Gasteiger partial charge in [-0.05, 0) is 44.0 Å². The van der Waals surface area contributed by atoms with Crippen LogP contribution in [0, 0.1) is 38.2 Å². The number of hydrogen-bond acceptors (Lipinski definition) is 1. The van der Waals surface area contributed by atoms with Gasteiger partial charge in [-0.25, -0.2) is 13.2 Å². The Labute approximate surface area is 108 Å². The number of rotatable bonds is 2. The second kappa shape index (κ2) is 4.57. The van der Waals surface area contributed by atoms with Crippen molar-refractivity contribution in [3.8, 4) is 0 Å². The fraction of sp³-hybridized carbons (Fsp3) is 0.214. The minimum atomic E-state index is -1.58. The molecule has 0 saturated carbocycles. The van der Waals surface area contributed by atoms with E-state index in [0.29, 0.717) is 17.7 Å². The molecule has 0 amide bonds. The lowest BCUT2D eigenvalue weighted by molar-refractivity contribution is 0.103. The number of hydrogen-bond donors (Lipinski definition) is 1. The van der Waals surface area contributed by atoms with Crippen molar-refractivity contribution in [2.24, 2.45) is 0 Å². The molecule has 1 aromatic heterocycles. The van der Waals surface area contributed by atoms with E-state index < -0.39 is 23.2 Å². The van der Waals surface area contributed by atoms with Crippen LogP contribution < -0.4 is 0 Å². The van der Waals surface area contributed by atoms with Crippen molar-refractivity contribution < 1.29 is 18.0 Å². The van der Waals surface area contributed by atoms with E-state index in [1.54, 1.807) is 13.8 Å². The molecular weight excluding hydrogens is 255 g/mol. The molecule has 0 aliphatic heterocycles. The van der Waals surface area contributed by atoms with Gasteiger partial charge in [0.1, 0.15) is 0 Å². The van der Waals surface area contributed by atoms with Crippen LogP contribution in [0.4, 0.5) is 13.2 Å². The van der Waals surface area contributed by atoms with E-state index in [0.717, 1.165) is 11.3 Å². The van der Waals surface area contributed by atoms with Crippen molar-refractivity contribution in [1.29, 1.82) is 0 Å². The number of ketones is 1. The Morgan fingerprint density at radius 3 is 1.95 bits per heavy atom. The third-order valence-electron chi connectivity index (χ3n) is 3.29. The Bertz CT molecular complexity index is 651. The Kier molecular flexibility index (Phi) is 3.22. The number of H-pyrrole nitrogens is 1. The predicted octanol–water partition coefficient (Wildman–Crippen LogP) is 3.59. The van der Waals surface area contributed by atoms with Gasteiger partial charge in [0, 0.05) is 11.3 Å². The second-order valence-corrected chi connectivity index (χ2v) is 4.46. The standard InChI is InChI=1S/C14H12F3NO/c1-6-7(2)13(18-8(6)3)14(19)9-4-10(15)12(17)11(16)5-9/h4-5,18H,1-3H3. The molecule has 2 rings (SSSR count). The molecule has 0 radical (unpaired) electrons. The molecular formula is C14H12F3NO. The summed E-state index contributed by atoms with van der Waals surface area (Å²) < 4.78 is 39.1. The summed E-state index contributed by atoms with van der Waals surface area (Å²) in [5.41, 5.74) is 2.48. The van der Waals surface area contributed by atoms with Gasteiger partial charge in [0.2, 0.25) is 5.78 Å².